The second-order valence-corrected chi connectivity index (χ2v) is 6.56. The summed E-state index contributed by atoms with van der Waals surface area (Å²) in [6, 6.07) is 9.59. The maximum atomic E-state index is 3.55. The van der Waals surface area contributed by atoms with Crippen LogP contribution in [0, 0.1) is 5.41 Å². The van der Waals surface area contributed by atoms with Crippen molar-refractivity contribution in [3.05, 3.63) is 35.4 Å². The molecule has 0 amide bonds. The molecule has 1 fully saturated rings. The fraction of sp³-hybridized carbons (Fsp3) is 0.625. The van der Waals surface area contributed by atoms with Crippen LogP contribution >= 0.6 is 0 Å². The summed E-state index contributed by atoms with van der Waals surface area (Å²) in [6.07, 6.45) is 2.58. The molecule has 1 unspecified atom stereocenters. The van der Waals surface area contributed by atoms with Crippen molar-refractivity contribution in [3.8, 4) is 0 Å². The fourth-order valence-electron chi connectivity index (χ4n) is 3.44. The molecule has 0 aromatic heterocycles. The number of likely N-dealkylation sites (tertiary alicyclic amines) is 1. The van der Waals surface area contributed by atoms with Crippen molar-refractivity contribution >= 4 is 0 Å². The van der Waals surface area contributed by atoms with Gasteiger partial charge in [0, 0.05) is 19.1 Å². The first-order chi connectivity index (χ1) is 8.66. The van der Waals surface area contributed by atoms with Crippen molar-refractivity contribution in [2.75, 3.05) is 19.6 Å². The highest BCUT2D eigenvalue weighted by atomic mass is 15.2. The normalized spacial score (nSPS) is 27.8. The Bertz CT molecular complexity index is 425. The minimum absolute atomic E-state index is 0.495. The molecule has 0 radical (unpaired) electrons. The van der Waals surface area contributed by atoms with E-state index < -0.39 is 0 Å². The SMILES string of the molecule is CC1(C)CCN(C2CCNCc3ccccc32)C1. The van der Waals surface area contributed by atoms with Gasteiger partial charge in [-0.3, -0.25) is 4.90 Å². The van der Waals surface area contributed by atoms with Crippen molar-refractivity contribution in [3.63, 3.8) is 0 Å². The van der Waals surface area contributed by atoms with E-state index in [4.69, 9.17) is 0 Å². The number of hydrogen-bond donors (Lipinski definition) is 1. The first kappa shape index (κ1) is 12.2. The highest BCUT2D eigenvalue weighted by molar-refractivity contribution is 5.31. The molecule has 3 rings (SSSR count). The minimum Gasteiger partial charge on any atom is -0.313 e. The maximum absolute atomic E-state index is 3.55. The summed E-state index contributed by atoms with van der Waals surface area (Å²) >= 11 is 0. The summed E-state index contributed by atoms with van der Waals surface area (Å²) in [6.45, 7) is 9.46. The molecule has 1 N–H and O–H groups in total. The molecule has 2 nitrogen and oxygen atoms in total. The van der Waals surface area contributed by atoms with Crippen LogP contribution in [0.25, 0.3) is 0 Å². The molecule has 1 aromatic carbocycles. The highest BCUT2D eigenvalue weighted by Crippen LogP contribution is 2.37. The van der Waals surface area contributed by atoms with Gasteiger partial charge in [0.15, 0.2) is 0 Å². The first-order valence-corrected chi connectivity index (χ1v) is 7.18. The van der Waals surface area contributed by atoms with E-state index in [9.17, 15) is 0 Å². The van der Waals surface area contributed by atoms with E-state index in [1.54, 1.807) is 5.56 Å². The van der Waals surface area contributed by atoms with Crippen molar-refractivity contribution in [2.24, 2.45) is 5.41 Å². The van der Waals surface area contributed by atoms with Gasteiger partial charge >= 0.3 is 0 Å². The average molecular weight is 244 g/mol. The Labute approximate surface area is 110 Å². The Morgan fingerprint density at radius 2 is 2.11 bits per heavy atom. The van der Waals surface area contributed by atoms with Crippen LogP contribution < -0.4 is 5.32 Å². The third-order valence-electron chi connectivity index (χ3n) is 4.47. The number of nitrogens with zero attached hydrogens (tertiary/aromatic N) is 1. The fourth-order valence-corrected chi connectivity index (χ4v) is 3.44. The van der Waals surface area contributed by atoms with E-state index in [-0.39, 0.29) is 0 Å². The average Bonchev–Trinajstić information content (AvgIpc) is 2.60. The monoisotopic (exact) mass is 244 g/mol. The van der Waals surface area contributed by atoms with Crippen molar-refractivity contribution in [1.82, 2.24) is 10.2 Å². The Hall–Kier alpha value is -0.860. The molecule has 18 heavy (non-hydrogen) atoms. The summed E-state index contributed by atoms with van der Waals surface area (Å²) in [7, 11) is 0. The van der Waals surface area contributed by atoms with Crippen molar-refractivity contribution in [1.29, 1.82) is 0 Å². The van der Waals surface area contributed by atoms with Gasteiger partial charge in [0.25, 0.3) is 0 Å². The van der Waals surface area contributed by atoms with Crippen LogP contribution in [-0.2, 0) is 6.54 Å². The van der Waals surface area contributed by atoms with Gasteiger partial charge in [-0.1, -0.05) is 38.1 Å². The molecule has 0 spiro atoms. The van der Waals surface area contributed by atoms with Gasteiger partial charge in [-0.2, -0.15) is 0 Å². The molecule has 0 aliphatic carbocycles. The molecule has 1 atom stereocenters. The van der Waals surface area contributed by atoms with Gasteiger partial charge < -0.3 is 5.32 Å². The Morgan fingerprint density at radius 1 is 1.28 bits per heavy atom. The van der Waals surface area contributed by atoms with E-state index >= 15 is 0 Å². The molecule has 0 saturated carbocycles. The zero-order valence-electron chi connectivity index (χ0n) is 11.6. The zero-order valence-corrected chi connectivity index (χ0v) is 11.6. The van der Waals surface area contributed by atoms with Crippen LogP contribution in [-0.4, -0.2) is 24.5 Å². The number of hydrogen-bond acceptors (Lipinski definition) is 2. The van der Waals surface area contributed by atoms with Crippen LogP contribution in [0.5, 0.6) is 0 Å². The summed E-state index contributed by atoms with van der Waals surface area (Å²) in [4.78, 5) is 2.70. The van der Waals surface area contributed by atoms with Crippen molar-refractivity contribution < 1.29 is 0 Å². The zero-order chi connectivity index (χ0) is 12.6. The Morgan fingerprint density at radius 3 is 2.89 bits per heavy atom. The van der Waals surface area contributed by atoms with Gasteiger partial charge in [-0.25, -0.2) is 0 Å². The summed E-state index contributed by atoms with van der Waals surface area (Å²) in [5, 5.41) is 3.55. The molecule has 2 heterocycles. The molecule has 1 aromatic rings. The Balaban J connectivity index is 1.88. The molecule has 2 heteroatoms. The quantitative estimate of drug-likeness (QED) is 0.817. The largest absolute Gasteiger partial charge is 0.313 e. The highest BCUT2D eigenvalue weighted by Gasteiger charge is 2.34. The van der Waals surface area contributed by atoms with Crippen LogP contribution in [0.2, 0.25) is 0 Å². The van der Waals surface area contributed by atoms with Gasteiger partial charge in [-0.05, 0) is 42.5 Å². The number of nitrogens with one attached hydrogen (secondary N) is 1. The summed E-state index contributed by atoms with van der Waals surface area (Å²) < 4.78 is 0. The maximum Gasteiger partial charge on any atom is 0.0363 e. The molecular formula is C16H24N2. The van der Waals surface area contributed by atoms with Crippen LogP contribution in [0.3, 0.4) is 0 Å². The molecule has 98 valence electrons. The lowest BCUT2D eigenvalue weighted by atomic mass is 9.93. The lowest BCUT2D eigenvalue weighted by molar-refractivity contribution is 0.210. The van der Waals surface area contributed by atoms with E-state index in [2.05, 4.69) is 48.3 Å². The summed E-state index contributed by atoms with van der Waals surface area (Å²) in [5.41, 5.74) is 3.54. The van der Waals surface area contributed by atoms with E-state index in [1.807, 2.05) is 0 Å². The van der Waals surface area contributed by atoms with Crippen LogP contribution in [0.4, 0.5) is 0 Å². The van der Waals surface area contributed by atoms with Crippen molar-refractivity contribution in [2.45, 2.75) is 39.3 Å². The standard InChI is InChI=1S/C16H24N2/c1-16(2)8-10-18(12-16)15-7-9-17-11-13-5-3-4-6-14(13)15/h3-6,15,17H,7-12H2,1-2H3. The van der Waals surface area contributed by atoms with Crippen LogP contribution in [0.1, 0.15) is 43.9 Å². The third kappa shape index (κ3) is 2.32. The van der Waals surface area contributed by atoms with Crippen LogP contribution in [0.15, 0.2) is 24.3 Å². The summed E-state index contributed by atoms with van der Waals surface area (Å²) in [5.74, 6) is 0. The van der Waals surface area contributed by atoms with Gasteiger partial charge in [0.2, 0.25) is 0 Å². The lowest BCUT2D eigenvalue weighted by Gasteiger charge is -2.29. The number of benzene rings is 1. The topological polar surface area (TPSA) is 15.3 Å². The predicted octanol–water partition coefficient (Wildman–Crippen LogP) is 2.95. The molecular weight excluding hydrogens is 220 g/mol. The molecule has 0 bridgehead atoms. The lowest BCUT2D eigenvalue weighted by Crippen LogP contribution is -2.29. The predicted molar refractivity (Wildman–Crippen MR) is 75.5 cm³/mol. The molecule has 2 aliphatic rings. The van der Waals surface area contributed by atoms with Gasteiger partial charge in [0.05, 0.1) is 0 Å². The number of fused-ring (bicyclic) bond motifs is 1. The first-order valence-electron chi connectivity index (χ1n) is 7.18. The van der Waals surface area contributed by atoms with E-state index in [0.29, 0.717) is 11.5 Å². The third-order valence-corrected chi connectivity index (χ3v) is 4.47. The number of rotatable bonds is 1. The second-order valence-electron chi connectivity index (χ2n) is 6.56. The van der Waals surface area contributed by atoms with E-state index in [1.165, 1.54) is 31.5 Å². The van der Waals surface area contributed by atoms with E-state index in [0.717, 1.165) is 13.1 Å². The van der Waals surface area contributed by atoms with Gasteiger partial charge in [0.1, 0.15) is 0 Å². The smallest absolute Gasteiger partial charge is 0.0363 e. The molecule has 2 aliphatic heterocycles. The Kier molecular flexibility index (Phi) is 3.16. The molecule has 1 saturated heterocycles. The van der Waals surface area contributed by atoms with Gasteiger partial charge in [-0.15, -0.1) is 0 Å². The second kappa shape index (κ2) is 4.67. The minimum atomic E-state index is 0.495.